The molecule has 0 radical (unpaired) electrons. The number of hydrogen-bond donors (Lipinski definition) is 1. The lowest BCUT2D eigenvalue weighted by Crippen LogP contribution is -2.34. The van der Waals surface area contributed by atoms with Gasteiger partial charge in [0, 0.05) is 19.1 Å². The molecule has 0 aliphatic heterocycles. The van der Waals surface area contributed by atoms with E-state index in [9.17, 15) is 0 Å². The summed E-state index contributed by atoms with van der Waals surface area (Å²) in [4.78, 5) is 2.43. The Labute approximate surface area is 96.4 Å². The van der Waals surface area contributed by atoms with E-state index >= 15 is 0 Å². The Bertz CT molecular complexity index is 126. The van der Waals surface area contributed by atoms with E-state index in [1.807, 2.05) is 0 Å². The maximum atomic E-state index is 3.56. The van der Waals surface area contributed by atoms with Crippen LogP contribution in [0.1, 0.15) is 52.9 Å². The highest BCUT2D eigenvalue weighted by Crippen LogP contribution is 1.96. The summed E-state index contributed by atoms with van der Waals surface area (Å²) in [6.45, 7) is 10.3. The van der Waals surface area contributed by atoms with Gasteiger partial charge in [-0.15, -0.1) is 0 Å². The number of nitrogens with zero attached hydrogens (tertiary/aromatic N) is 1. The van der Waals surface area contributed by atoms with Crippen molar-refractivity contribution >= 4 is 0 Å². The molecule has 0 aromatic carbocycles. The van der Waals surface area contributed by atoms with E-state index in [0.29, 0.717) is 6.04 Å². The molecule has 0 saturated carbocycles. The Kier molecular flexibility index (Phi) is 10.4. The molecule has 0 spiro atoms. The summed E-state index contributed by atoms with van der Waals surface area (Å²) in [6.07, 6.45) is 6.60. The first-order chi connectivity index (χ1) is 7.20. The van der Waals surface area contributed by atoms with Crippen LogP contribution in [0.3, 0.4) is 0 Å². The molecule has 0 aliphatic rings. The Hall–Kier alpha value is -0.0800. The quantitative estimate of drug-likeness (QED) is 0.563. The third-order valence-corrected chi connectivity index (χ3v) is 2.85. The van der Waals surface area contributed by atoms with Crippen molar-refractivity contribution in [2.75, 3.05) is 26.7 Å². The monoisotopic (exact) mass is 214 g/mol. The van der Waals surface area contributed by atoms with Crippen LogP contribution >= 0.6 is 0 Å². The second kappa shape index (κ2) is 10.4. The lowest BCUT2D eigenvalue weighted by molar-refractivity contribution is 0.316. The molecule has 0 amide bonds. The summed E-state index contributed by atoms with van der Waals surface area (Å²) in [7, 11) is 2.22. The molecule has 0 aromatic rings. The van der Waals surface area contributed by atoms with Crippen molar-refractivity contribution in [3.05, 3.63) is 0 Å². The number of hydrogen-bond acceptors (Lipinski definition) is 2. The molecule has 1 atom stereocenters. The number of likely N-dealkylation sites (N-methyl/N-ethyl adjacent to an activating group) is 1. The van der Waals surface area contributed by atoms with Crippen molar-refractivity contribution in [2.24, 2.45) is 0 Å². The predicted octanol–water partition coefficient (Wildman–Crippen LogP) is 2.89. The molecule has 0 heterocycles. The highest BCUT2D eigenvalue weighted by molar-refractivity contribution is 4.61. The third kappa shape index (κ3) is 10.2. The molecule has 0 bridgehead atoms. The fourth-order valence-corrected chi connectivity index (χ4v) is 1.78. The maximum absolute atomic E-state index is 3.56. The molecule has 92 valence electrons. The Morgan fingerprint density at radius 3 is 2.40 bits per heavy atom. The summed E-state index contributed by atoms with van der Waals surface area (Å²) in [5.74, 6) is 0. The second-order valence-electron chi connectivity index (χ2n) is 4.65. The maximum Gasteiger partial charge on any atom is 0.0104 e. The zero-order valence-electron chi connectivity index (χ0n) is 11.2. The Balaban J connectivity index is 3.26. The average Bonchev–Trinajstić information content (AvgIpc) is 2.18. The van der Waals surface area contributed by atoms with Crippen molar-refractivity contribution in [3.63, 3.8) is 0 Å². The Morgan fingerprint density at radius 1 is 1.07 bits per heavy atom. The minimum absolute atomic E-state index is 0.680. The molecule has 15 heavy (non-hydrogen) atoms. The molecule has 0 aliphatic carbocycles. The predicted molar refractivity (Wildman–Crippen MR) is 69.4 cm³/mol. The summed E-state index contributed by atoms with van der Waals surface area (Å²) in [5, 5.41) is 3.56. The van der Waals surface area contributed by atoms with Gasteiger partial charge in [0.25, 0.3) is 0 Å². The highest BCUT2D eigenvalue weighted by atomic mass is 15.1. The highest BCUT2D eigenvalue weighted by Gasteiger charge is 2.00. The van der Waals surface area contributed by atoms with Gasteiger partial charge in [0.05, 0.1) is 0 Å². The topological polar surface area (TPSA) is 15.3 Å². The van der Waals surface area contributed by atoms with Crippen LogP contribution in [0.5, 0.6) is 0 Å². The van der Waals surface area contributed by atoms with Gasteiger partial charge in [-0.1, -0.05) is 33.1 Å². The minimum Gasteiger partial charge on any atom is -0.313 e. The standard InChI is InChI=1S/C13H30N2/c1-5-7-8-11-15(4)12-10-14-13(3)9-6-2/h13-14H,5-12H2,1-4H3. The summed E-state index contributed by atoms with van der Waals surface area (Å²) in [5.41, 5.74) is 0. The first kappa shape index (κ1) is 14.9. The molecule has 1 N–H and O–H groups in total. The van der Waals surface area contributed by atoms with E-state index in [1.54, 1.807) is 0 Å². The number of nitrogens with one attached hydrogen (secondary N) is 1. The van der Waals surface area contributed by atoms with Crippen molar-refractivity contribution in [1.82, 2.24) is 10.2 Å². The number of unbranched alkanes of at least 4 members (excludes halogenated alkanes) is 2. The first-order valence-corrected chi connectivity index (χ1v) is 6.62. The summed E-state index contributed by atoms with van der Waals surface area (Å²) < 4.78 is 0. The van der Waals surface area contributed by atoms with Crippen molar-refractivity contribution in [1.29, 1.82) is 0 Å². The van der Waals surface area contributed by atoms with Crippen LogP contribution in [-0.2, 0) is 0 Å². The van der Waals surface area contributed by atoms with E-state index in [4.69, 9.17) is 0 Å². The van der Waals surface area contributed by atoms with E-state index in [-0.39, 0.29) is 0 Å². The van der Waals surface area contributed by atoms with Gasteiger partial charge in [0.1, 0.15) is 0 Å². The molecule has 0 rings (SSSR count). The normalized spacial score (nSPS) is 13.4. The van der Waals surface area contributed by atoms with Gasteiger partial charge in [-0.3, -0.25) is 0 Å². The molecular formula is C13H30N2. The van der Waals surface area contributed by atoms with Crippen molar-refractivity contribution in [2.45, 2.75) is 58.9 Å². The fraction of sp³-hybridized carbons (Fsp3) is 1.00. The molecule has 0 aromatic heterocycles. The van der Waals surface area contributed by atoms with Crippen LogP contribution in [0.4, 0.5) is 0 Å². The zero-order chi connectivity index (χ0) is 11.5. The second-order valence-corrected chi connectivity index (χ2v) is 4.65. The number of rotatable bonds is 10. The molecule has 2 nitrogen and oxygen atoms in total. The third-order valence-electron chi connectivity index (χ3n) is 2.85. The van der Waals surface area contributed by atoms with Crippen LogP contribution < -0.4 is 5.32 Å². The van der Waals surface area contributed by atoms with Crippen LogP contribution in [0.15, 0.2) is 0 Å². The van der Waals surface area contributed by atoms with Gasteiger partial charge in [0.2, 0.25) is 0 Å². The van der Waals surface area contributed by atoms with E-state index < -0.39 is 0 Å². The summed E-state index contributed by atoms with van der Waals surface area (Å²) in [6, 6.07) is 0.680. The lowest BCUT2D eigenvalue weighted by Gasteiger charge is -2.19. The molecule has 2 heteroatoms. The lowest BCUT2D eigenvalue weighted by atomic mass is 10.2. The van der Waals surface area contributed by atoms with E-state index in [1.165, 1.54) is 45.2 Å². The molecule has 1 unspecified atom stereocenters. The fourth-order valence-electron chi connectivity index (χ4n) is 1.78. The van der Waals surface area contributed by atoms with Crippen LogP contribution in [-0.4, -0.2) is 37.6 Å². The zero-order valence-corrected chi connectivity index (χ0v) is 11.2. The Morgan fingerprint density at radius 2 is 1.80 bits per heavy atom. The van der Waals surface area contributed by atoms with Gasteiger partial charge in [-0.05, 0) is 33.4 Å². The average molecular weight is 214 g/mol. The largest absolute Gasteiger partial charge is 0.313 e. The minimum atomic E-state index is 0.680. The van der Waals surface area contributed by atoms with Gasteiger partial charge in [0.15, 0.2) is 0 Å². The van der Waals surface area contributed by atoms with Gasteiger partial charge < -0.3 is 10.2 Å². The van der Waals surface area contributed by atoms with Crippen LogP contribution in [0, 0.1) is 0 Å². The molecule has 0 fully saturated rings. The smallest absolute Gasteiger partial charge is 0.0104 e. The summed E-state index contributed by atoms with van der Waals surface area (Å²) >= 11 is 0. The van der Waals surface area contributed by atoms with Crippen molar-refractivity contribution < 1.29 is 0 Å². The van der Waals surface area contributed by atoms with Gasteiger partial charge >= 0.3 is 0 Å². The van der Waals surface area contributed by atoms with Gasteiger partial charge in [-0.25, -0.2) is 0 Å². The SMILES string of the molecule is CCCCCN(C)CCNC(C)CCC. The van der Waals surface area contributed by atoms with Crippen LogP contribution in [0.2, 0.25) is 0 Å². The van der Waals surface area contributed by atoms with Crippen molar-refractivity contribution in [3.8, 4) is 0 Å². The van der Waals surface area contributed by atoms with Crippen LogP contribution in [0.25, 0.3) is 0 Å². The van der Waals surface area contributed by atoms with E-state index in [0.717, 1.165) is 6.54 Å². The molecule has 0 saturated heterocycles. The van der Waals surface area contributed by atoms with Gasteiger partial charge in [-0.2, -0.15) is 0 Å². The molecular weight excluding hydrogens is 184 g/mol. The van der Waals surface area contributed by atoms with E-state index in [2.05, 4.69) is 38.0 Å². The first-order valence-electron chi connectivity index (χ1n) is 6.62.